The van der Waals surface area contributed by atoms with Crippen LogP contribution in [0.2, 0.25) is 5.02 Å². The van der Waals surface area contributed by atoms with Crippen LogP contribution in [0.1, 0.15) is 37.4 Å². The van der Waals surface area contributed by atoms with Gasteiger partial charge in [-0.15, -0.1) is 0 Å². The highest BCUT2D eigenvalue weighted by atomic mass is 35.5. The molecule has 3 rings (SSSR count). The molecule has 0 aliphatic heterocycles. The highest BCUT2D eigenvalue weighted by Crippen LogP contribution is 2.35. The summed E-state index contributed by atoms with van der Waals surface area (Å²) in [5.74, 6) is 1.56. The minimum absolute atomic E-state index is 0.0594. The number of aromatic nitrogens is 2. The van der Waals surface area contributed by atoms with Gasteiger partial charge in [-0.25, -0.2) is 0 Å². The van der Waals surface area contributed by atoms with Crippen molar-refractivity contribution in [3.63, 3.8) is 0 Å². The first-order chi connectivity index (χ1) is 8.74. The van der Waals surface area contributed by atoms with Crippen LogP contribution >= 0.6 is 11.6 Å². The largest absolute Gasteiger partial charge is 0.507 e. The summed E-state index contributed by atoms with van der Waals surface area (Å²) in [5, 5.41) is 14.3. The van der Waals surface area contributed by atoms with Crippen molar-refractivity contribution in [3.05, 3.63) is 29.0 Å². The standard InChI is InChI=1S/C13H13ClN2O2/c14-9-5-6-10(11(17)7-9)13-15-12(16-18-13)8-3-1-2-4-8/h5-8,17H,1-4H2. The first-order valence-electron chi connectivity index (χ1n) is 6.06. The zero-order valence-electron chi connectivity index (χ0n) is 9.77. The van der Waals surface area contributed by atoms with Gasteiger partial charge < -0.3 is 9.63 Å². The molecule has 0 radical (unpaired) electrons. The molecule has 94 valence electrons. The number of phenolic OH excluding ortho intramolecular Hbond substituents is 1. The number of nitrogens with zero attached hydrogens (tertiary/aromatic N) is 2. The van der Waals surface area contributed by atoms with Gasteiger partial charge in [0.1, 0.15) is 5.75 Å². The van der Waals surface area contributed by atoms with E-state index in [0.29, 0.717) is 22.4 Å². The predicted octanol–water partition coefficient (Wildman–Crippen LogP) is 3.75. The Bertz CT molecular complexity index is 562. The Balaban J connectivity index is 1.92. The molecule has 0 amide bonds. The molecule has 0 bridgehead atoms. The molecule has 1 aliphatic carbocycles. The number of hydrogen-bond acceptors (Lipinski definition) is 4. The molecule has 0 unspecified atom stereocenters. The lowest BCUT2D eigenvalue weighted by Gasteiger charge is -2.00. The van der Waals surface area contributed by atoms with Gasteiger partial charge in [-0.3, -0.25) is 0 Å². The van der Waals surface area contributed by atoms with Crippen LogP contribution in [0.5, 0.6) is 5.75 Å². The summed E-state index contributed by atoms with van der Waals surface area (Å²) in [6, 6.07) is 4.84. The lowest BCUT2D eigenvalue weighted by Crippen LogP contribution is -1.94. The third kappa shape index (κ3) is 2.08. The average Bonchev–Trinajstić information content (AvgIpc) is 2.99. The zero-order valence-corrected chi connectivity index (χ0v) is 10.5. The van der Waals surface area contributed by atoms with Gasteiger partial charge in [0, 0.05) is 10.9 Å². The van der Waals surface area contributed by atoms with Crippen LogP contribution in [-0.4, -0.2) is 15.2 Å². The molecular weight excluding hydrogens is 252 g/mol. The van der Waals surface area contributed by atoms with E-state index in [1.165, 1.54) is 18.9 Å². The molecule has 0 spiro atoms. The monoisotopic (exact) mass is 264 g/mol. The number of hydrogen-bond donors (Lipinski definition) is 1. The molecule has 1 fully saturated rings. The van der Waals surface area contributed by atoms with E-state index in [0.717, 1.165) is 18.7 Å². The fraction of sp³-hybridized carbons (Fsp3) is 0.385. The van der Waals surface area contributed by atoms with Gasteiger partial charge in [0.2, 0.25) is 0 Å². The van der Waals surface area contributed by atoms with E-state index in [1.54, 1.807) is 12.1 Å². The van der Waals surface area contributed by atoms with E-state index < -0.39 is 0 Å². The van der Waals surface area contributed by atoms with E-state index in [4.69, 9.17) is 16.1 Å². The number of halogens is 1. The third-order valence-electron chi connectivity index (χ3n) is 3.35. The van der Waals surface area contributed by atoms with E-state index >= 15 is 0 Å². The molecule has 1 heterocycles. The van der Waals surface area contributed by atoms with Crippen molar-refractivity contribution in [2.24, 2.45) is 0 Å². The molecule has 18 heavy (non-hydrogen) atoms. The highest BCUT2D eigenvalue weighted by Gasteiger charge is 2.23. The lowest BCUT2D eigenvalue weighted by atomic mass is 10.1. The zero-order chi connectivity index (χ0) is 12.5. The quantitative estimate of drug-likeness (QED) is 0.897. The number of aromatic hydroxyl groups is 1. The smallest absolute Gasteiger partial charge is 0.261 e. The second-order valence-electron chi connectivity index (χ2n) is 4.60. The van der Waals surface area contributed by atoms with Crippen molar-refractivity contribution in [2.75, 3.05) is 0 Å². The summed E-state index contributed by atoms with van der Waals surface area (Å²) in [7, 11) is 0. The fourth-order valence-corrected chi connectivity index (χ4v) is 2.55. The molecule has 1 saturated carbocycles. The Hall–Kier alpha value is -1.55. The Labute approximate surface area is 110 Å². The summed E-state index contributed by atoms with van der Waals surface area (Å²) in [6.45, 7) is 0. The number of benzene rings is 1. The molecule has 4 nitrogen and oxygen atoms in total. The molecular formula is C13H13ClN2O2. The maximum Gasteiger partial charge on any atom is 0.261 e. The highest BCUT2D eigenvalue weighted by molar-refractivity contribution is 6.30. The summed E-state index contributed by atoms with van der Waals surface area (Å²) in [5.41, 5.74) is 0.524. The minimum Gasteiger partial charge on any atom is -0.507 e. The number of rotatable bonds is 2. The van der Waals surface area contributed by atoms with Crippen LogP contribution in [0.15, 0.2) is 22.7 Å². The topological polar surface area (TPSA) is 59.2 Å². The Morgan fingerprint density at radius 2 is 2.06 bits per heavy atom. The van der Waals surface area contributed by atoms with Gasteiger partial charge >= 0.3 is 0 Å². The van der Waals surface area contributed by atoms with Crippen molar-refractivity contribution in [3.8, 4) is 17.2 Å². The van der Waals surface area contributed by atoms with Gasteiger partial charge in [0.25, 0.3) is 5.89 Å². The Morgan fingerprint density at radius 1 is 1.28 bits per heavy atom. The first kappa shape index (κ1) is 11.5. The van der Waals surface area contributed by atoms with Crippen LogP contribution in [0.4, 0.5) is 0 Å². The van der Waals surface area contributed by atoms with Crippen molar-refractivity contribution < 1.29 is 9.63 Å². The fourth-order valence-electron chi connectivity index (χ4n) is 2.38. The van der Waals surface area contributed by atoms with Crippen LogP contribution in [-0.2, 0) is 0 Å². The maximum absolute atomic E-state index is 9.81. The molecule has 0 atom stereocenters. The average molecular weight is 265 g/mol. The van der Waals surface area contributed by atoms with Crippen molar-refractivity contribution in [1.82, 2.24) is 10.1 Å². The van der Waals surface area contributed by atoms with Gasteiger partial charge in [-0.1, -0.05) is 29.6 Å². The summed E-state index contributed by atoms with van der Waals surface area (Å²) in [6.07, 6.45) is 4.68. The van der Waals surface area contributed by atoms with Gasteiger partial charge in [-0.05, 0) is 31.0 Å². The molecule has 0 saturated heterocycles. The van der Waals surface area contributed by atoms with Crippen molar-refractivity contribution in [1.29, 1.82) is 0 Å². The SMILES string of the molecule is Oc1cc(Cl)ccc1-c1nc(C2CCCC2)no1. The van der Waals surface area contributed by atoms with Crippen LogP contribution < -0.4 is 0 Å². The summed E-state index contributed by atoms with van der Waals surface area (Å²) in [4.78, 5) is 4.37. The predicted molar refractivity (Wildman–Crippen MR) is 67.6 cm³/mol. The normalized spacial score (nSPS) is 16.3. The molecule has 1 aliphatic rings. The maximum atomic E-state index is 9.81. The molecule has 1 aromatic heterocycles. The van der Waals surface area contributed by atoms with Crippen molar-refractivity contribution in [2.45, 2.75) is 31.6 Å². The van der Waals surface area contributed by atoms with Crippen LogP contribution in [0, 0.1) is 0 Å². The van der Waals surface area contributed by atoms with E-state index in [2.05, 4.69) is 10.1 Å². The van der Waals surface area contributed by atoms with Gasteiger partial charge in [-0.2, -0.15) is 4.98 Å². The van der Waals surface area contributed by atoms with Gasteiger partial charge in [0.05, 0.1) is 5.56 Å². The van der Waals surface area contributed by atoms with Crippen LogP contribution in [0.25, 0.3) is 11.5 Å². The van der Waals surface area contributed by atoms with Crippen LogP contribution in [0.3, 0.4) is 0 Å². The second-order valence-corrected chi connectivity index (χ2v) is 5.04. The minimum atomic E-state index is 0.0594. The first-order valence-corrected chi connectivity index (χ1v) is 6.44. The summed E-state index contributed by atoms with van der Waals surface area (Å²) < 4.78 is 5.22. The molecule has 1 aromatic carbocycles. The Kier molecular flexibility index (Phi) is 2.96. The molecule has 1 N–H and O–H groups in total. The lowest BCUT2D eigenvalue weighted by molar-refractivity contribution is 0.411. The van der Waals surface area contributed by atoms with Gasteiger partial charge in [0.15, 0.2) is 5.82 Å². The number of phenols is 1. The van der Waals surface area contributed by atoms with Crippen molar-refractivity contribution >= 4 is 11.6 Å². The molecule has 5 heteroatoms. The second kappa shape index (κ2) is 4.61. The van der Waals surface area contributed by atoms with E-state index in [1.807, 2.05) is 0 Å². The molecule has 2 aromatic rings. The third-order valence-corrected chi connectivity index (χ3v) is 3.59. The summed E-state index contributed by atoms with van der Waals surface area (Å²) >= 11 is 5.79. The van der Waals surface area contributed by atoms with E-state index in [9.17, 15) is 5.11 Å². The Morgan fingerprint density at radius 3 is 2.78 bits per heavy atom. The van der Waals surface area contributed by atoms with E-state index in [-0.39, 0.29) is 5.75 Å².